The summed E-state index contributed by atoms with van der Waals surface area (Å²) in [5, 5.41) is 5.35. The Hall–Kier alpha value is -1.19. The summed E-state index contributed by atoms with van der Waals surface area (Å²) in [5.41, 5.74) is 5.23. The molecule has 0 radical (unpaired) electrons. The minimum atomic E-state index is -0.324. The monoisotopic (exact) mass is 113 g/mol. The molecule has 0 bridgehead atoms. The van der Waals surface area contributed by atoms with Gasteiger partial charge in [-0.1, -0.05) is 0 Å². The van der Waals surface area contributed by atoms with Gasteiger partial charge in [0, 0.05) is 6.20 Å². The van der Waals surface area contributed by atoms with Crippen LogP contribution in [0.3, 0.4) is 0 Å². The summed E-state index contributed by atoms with van der Waals surface area (Å²) < 4.78 is 0. The Bertz CT molecular complexity index is 131. The Labute approximate surface area is 46.7 Å². The van der Waals surface area contributed by atoms with Crippen LogP contribution < -0.4 is 16.4 Å². The van der Waals surface area contributed by atoms with E-state index in [1.165, 1.54) is 0 Å². The van der Waals surface area contributed by atoms with Gasteiger partial charge in [0.05, 0.1) is 0 Å². The lowest BCUT2D eigenvalue weighted by atomic mass is 10.6. The number of carbonyl (C=O) groups excluding carboxylic acids is 1. The molecule has 0 aromatic carbocycles. The van der Waals surface area contributed by atoms with E-state index in [4.69, 9.17) is 5.73 Å². The summed E-state index contributed by atoms with van der Waals surface area (Å²) in [6.07, 6.45) is 1.98. The standard InChI is InChI=1S/C4H7N3O/c5-3-1-6-4(2-8)7-3/h1-2,4,6-7H,5H2. The third-order valence-corrected chi connectivity index (χ3v) is 0.877. The molecule has 8 heavy (non-hydrogen) atoms. The highest BCUT2D eigenvalue weighted by molar-refractivity contribution is 5.58. The highest BCUT2D eigenvalue weighted by Gasteiger charge is 2.08. The zero-order valence-electron chi connectivity index (χ0n) is 4.22. The molecule has 1 atom stereocenters. The van der Waals surface area contributed by atoms with Crippen molar-refractivity contribution in [2.24, 2.45) is 5.73 Å². The Balaban J connectivity index is 2.43. The number of aldehydes is 1. The average molecular weight is 113 g/mol. The molecule has 0 aliphatic carbocycles. The first-order valence-electron chi connectivity index (χ1n) is 2.26. The molecule has 0 aromatic rings. The molecule has 1 unspecified atom stereocenters. The van der Waals surface area contributed by atoms with Gasteiger partial charge in [-0.2, -0.15) is 0 Å². The molecule has 1 rings (SSSR count). The van der Waals surface area contributed by atoms with E-state index in [1.807, 2.05) is 0 Å². The van der Waals surface area contributed by atoms with E-state index in [0.717, 1.165) is 6.29 Å². The molecule has 0 saturated heterocycles. The number of nitrogens with two attached hydrogens (primary N) is 1. The number of hydrogen-bond donors (Lipinski definition) is 3. The molecular formula is C4H7N3O. The lowest BCUT2D eigenvalue weighted by molar-refractivity contribution is -0.109. The lowest BCUT2D eigenvalue weighted by Crippen LogP contribution is -2.34. The molecule has 0 amide bonds. The van der Waals surface area contributed by atoms with Gasteiger partial charge in [-0.15, -0.1) is 0 Å². The van der Waals surface area contributed by atoms with Crippen LogP contribution in [0.5, 0.6) is 0 Å². The molecule has 0 saturated carbocycles. The molecule has 4 nitrogen and oxygen atoms in total. The summed E-state index contributed by atoms with van der Waals surface area (Å²) in [4.78, 5) is 9.94. The van der Waals surface area contributed by atoms with E-state index >= 15 is 0 Å². The van der Waals surface area contributed by atoms with Crippen LogP contribution in [-0.4, -0.2) is 12.5 Å². The third-order valence-electron chi connectivity index (χ3n) is 0.877. The molecule has 1 aliphatic heterocycles. The fourth-order valence-electron chi connectivity index (χ4n) is 0.516. The maximum absolute atomic E-state index is 9.94. The van der Waals surface area contributed by atoms with Crippen LogP contribution in [0.15, 0.2) is 12.0 Å². The Morgan fingerprint density at radius 3 is 2.88 bits per heavy atom. The van der Waals surface area contributed by atoms with Crippen LogP contribution >= 0.6 is 0 Å². The van der Waals surface area contributed by atoms with E-state index in [9.17, 15) is 4.79 Å². The Morgan fingerprint density at radius 2 is 2.62 bits per heavy atom. The summed E-state index contributed by atoms with van der Waals surface area (Å²) in [6, 6.07) is 0. The Kier molecular flexibility index (Phi) is 1.07. The van der Waals surface area contributed by atoms with Gasteiger partial charge in [0.1, 0.15) is 5.82 Å². The van der Waals surface area contributed by atoms with Gasteiger partial charge in [0.15, 0.2) is 12.5 Å². The normalized spacial score (nSPS) is 25.5. The van der Waals surface area contributed by atoms with Gasteiger partial charge in [-0.05, 0) is 0 Å². The predicted molar refractivity (Wildman–Crippen MR) is 28.4 cm³/mol. The molecule has 0 spiro atoms. The third kappa shape index (κ3) is 0.726. The Morgan fingerprint density at radius 1 is 1.88 bits per heavy atom. The molecule has 1 heterocycles. The van der Waals surface area contributed by atoms with Crippen molar-refractivity contribution < 1.29 is 4.79 Å². The van der Waals surface area contributed by atoms with Crippen LogP contribution in [0.1, 0.15) is 0 Å². The van der Waals surface area contributed by atoms with Gasteiger partial charge in [-0.3, -0.25) is 4.79 Å². The van der Waals surface area contributed by atoms with E-state index in [2.05, 4.69) is 10.6 Å². The summed E-state index contributed by atoms with van der Waals surface area (Å²) in [5.74, 6) is 0.502. The van der Waals surface area contributed by atoms with Gasteiger partial charge >= 0.3 is 0 Å². The molecule has 1 aliphatic rings. The first-order chi connectivity index (χ1) is 3.83. The zero-order valence-corrected chi connectivity index (χ0v) is 4.22. The van der Waals surface area contributed by atoms with Crippen molar-refractivity contribution in [2.75, 3.05) is 0 Å². The SMILES string of the molecule is NC1=CNC(C=O)N1. The van der Waals surface area contributed by atoms with Gasteiger partial charge in [0.25, 0.3) is 0 Å². The largest absolute Gasteiger partial charge is 0.384 e. The molecule has 4 N–H and O–H groups in total. The van der Waals surface area contributed by atoms with Crippen molar-refractivity contribution >= 4 is 6.29 Å². The number of carbonyl (C=O) groups is 1. The fraction of sp³-hybridized carbons (Fsp3) is 0.250. The summed E-state index contributed by atoms with van der Waals surface area (Å²) in [7, 11) is 0. The molecular weight excluding hydrogens is 106 g/mol. The van der Waals surface area contributed by atoms with Crippen LogP contribution in [-0.2, 0) is 4.79 Å². The van der Waals surface area contributed by atoms with Crippen molar-refractivity contribution in [1.82, 2.24) is 10.6 Å². The maximum atomic E-state index is 9.94. The minimum absolute atomic E-state index is 0.324. The maximum Gasteiger partial charge on any atom is 0.162 e. The van der Waals surface area contributed by atoms with Crippen molar-refractivity contribution in [1.29, 1.82) is 0 Å². The first-order valence-corrected chi connectivity index (χ1v) is 2.26. The molecule has 0 aromatic heterocycles. The molecule has 0 fully saturated rings. The summed E-state index contributed by atoms with van der Waals surface area (Å²) in [6.45, 7) is 0. The molecule has 44 valence electrons. The van der Waals surface area contributed by atoms with Gasteiger partial charge in [0.2, 0.25) is 0 Å². The van der Waals surface area contributed by atoms with E-state index in [1.54, 1.807) is 6.20 Å². The number of nitrogens with one attached hydrogen (secondary N) is 2. The number of rotatable bonds is 1. The number of hydrogen-bond acceptors (Lipinski definition) is 4. The van der Waals surface area contributed by atoms with Crippen LogP contribution in [0.2, 0.25) is 0 Å². The predicted octanol–water partition coefficient (Wildman–Crippen LogP) is -1.54. The zero-order chi connectivity index (χ0) is 5.98. The molecule has 4 heteroatoms. The smallest absolute Gasteiger partial charge is 0.162 e. The van der Waals surface area contributed by atoms with Crippen LogP contribution in [0, 0.1) is 0 Å². The topological polar surface area (TPSA) is 67.1 Å². The second-order valence-electron chi connectivity index (χ2n) is 1.52. The van der Waals surface area contributed by atoms with E-state index in [0.29, 0.717) is 5.82 Å². The second-order valence-corrected chi connectivity index (χ2v) is 1.52. The van der Waals surface area contributed by atoms with Crippen LogP contribution in [0.4, 0.5) is 0 Å². The highest BCUT2D eigenvalue weighted by Crippen LogP contribution is 1.86. The minimum Gasteiger partial charge on any atom is -0.384 e. The quantitative estimate of drug-likeness (QED) is 0.360. The van der Waals surface area contributed by atoms with E-state index in [-0.39, 0.29) is 6.17 Å². The fourth-order valence-corrected chi connectivity index (χ4v) is 0.516. The van der Waals surface area contributed by atoms with Gasteiger partial charge < -0.3 is 16.4 Å². The summed E-state index contributed by atoms with van der Waals surface area (Å²) >= 11 is 0. The second kappa shape index (κ2) is 1.73. The van der Waals surface area contributed by atoms with Crippen molar-refractivity contribution in [2.45, 2.75) is 6.17 Å². The van der Waals surface area contributed by atoms with E-state index < -0.39 is 0 Å². The van der Waals surface area contributed by atoms with Crippen LogP contribution in [0.25, 0.3) is 0 Å². The highest BCUT2D eigenvalue weighted by atomic mass is 16.1. The van der Waals surface area contributed by atoms with Gasteiger partial charge in [-0.25, -0.2) is 0 Å². The first kappa shape index (κ1) is 4.96. The average Bonchev–Trinajstić information content (AvgIpc) is 2.14. The van der Waals surface area contributed by atoms with Crippen molar-refractivity contribution in [3.63, 3.8) is 0 Å². The van der Waals surface area contributed by atoms with Crippen molar-refractivity contribution in [3.05, 3.63) is 12.0 Å². The van der Waals surface area contributed by atoms with Crippen molar-refractivity contribution in [3.8, 4) is 0 Å². The lowest BCUT2D eigenvalue weighted by Gasteiger charge is -2.01.